The number of cyclic esters (lactones) is 1. The number of ether oxygens (including phenoxy) is 2. The van der Waals surface area contributed by atoms with E-state index in [1.807, 2.05) is 6.92 Å². The number of nitro groups is 1. The Hall–Kier alpha value is -2.91. The van der Waals surface area contributed by atoms with Gasteiger partial charge in [0.2, 0.25) is 0 Å². The molecule has 10 nitrogen and oxygen atoms in total. The number of nitrogens with zero attached hydrogens (tertiary/aromatic N) is 3. The molecule has 1 atom stereocenters. The van der Waals surface area contributed by atoms with Gasteiger partial charge >= 0.3 is 17.9 Å². The maximum Gasteiger partial charge on any atom is 0.433 e. The predicted molar refractivity (Wildman–Crippen MR) is 85.0 cm³/mol. The second-order valence-corrected chi connectivity index (χ2v) is 5.41. The second kappa shape index (κ2) is 8.81. The molecule has 0 radical (unpaired) electrons. The van der Waals surface area contributed by atoms with Gasteiger partial charge in [0, 0.05) is 6.42 Å². The van der Waals surface area contributed by atoms with Crippen molar-refractivity contribution in [2.24, 2.45) is 5.10 Å². The van der Waals surface area contributed by atoms with Gasteiger partial charge in [0.1, 0.15) is 11.5 Å². The minimum absolute atomic E-state index is 0.0328. The van der Waals surface area contributed by atoms with Gasteiger partial charge in [-0.15, -0.1) is 0 Å². The first-order valence-corrected chi connectivity index (χ1v) is 7.91. The zero-order valence-electron chi connectivity index (χ0n) is 13.8. The quantitative estimate of drug-likeness (QED) is 0.219. The first kappa shape index (κ1) is 18.4. The van der Waals surface area contributed by atoms with Crippen molar-refractivity contribution < 1.29 is 28.4 Å². The maximum absolute atomic E-state index is 11.7. The van der Waals surface area contributed by atoms with Crippen LogP contribution in [0.25, 0.3) is 0 Å². The number of amides is 1. The van der Waals surface area contributed by atoms with Gasteiger partial charge in [-0.2, -0.15) is 10.1 Å². The van der Waals surface area contributed by atoms with Crippen LogP contribution in [-0.4, -0.2) is 47.5 Å². The fourth-order valence-corrected chi connectivity index (χ4v) is 2.10. The first-order valence-electron chi connectivity index (χ1n) is 7.91. The van der Waals surface area contributed by atoms with Gasteiger partial charge in [-0.3, -0.25) is 14.9 Å². The molecule has 10 heteroatoms. The number of carbonyl (C=O) groups excluding carboxylic acids is 2. The lowest BCUT2D eigenvalue weighted by atomic mass is 10.2. The van der Waals surface area contributed by atoms with E-state index in [1.165, 1.54) is 18.3 Å². The third kappa shape index (κ3) is 5.59. The Bertz CT molecular complexity index is 655. The molecule has 0 N–H and O–H groups in total. The number of furan rings is 1. The first-order chi connectivity index (χ1) is 12.0. The molecule has 1 aliphatic rings. The minimum Gasteiger partial charge on any atom is -0.462 e. The molecular formula is C15H19N3O7. The van der Waals surface area contributed by atoms with E-state index in [0.29, 0.717) is 6.42 Å². The predicted octanol–water partition coefficient (Wildman–Crippen LogP) is 2.47. The van der Waals surface area contributed by atoms with Gasteiger partial charge in [-0.25, -0.2) is 4.79 Å². The SMILES string of the molecule is CCCCCC(=O)OCC1CN(N=Cc2ccc([N+](=O)[O-])o2)C(=O)O1. The number of carbonyl (C=O) groups is 2. The second-order valence-electron chi connectivity index (χ2n) is 5.41. The zero-order chi connectivity index (χ0) is 18.2. The number of hydrogen-bond donors (Lipinski definition) is 0. The molecule has 1 aromatic rings. The van der Waals surface area contributed by atoms with E-state index in [1.54, 1.807) is 0 Å². The average Bonchev–Trinajstić information content (AvgIpc) is 3.18. The van der Waals surface area contributed by atoms with Crippen molar-refractivity contribution in [2.75, 3.05) is 13.2 Å². The van der Waals surface area contributed by atoms with E-state index < -0.39 is 23.0 Å². The molecule has 0 aliphatic carbocycles. The topological polar surface area (TPSA) is 124 Å². The van der Waals surface area contributed by atoms with Crippen molar-refractivity contribution in [2.45, 2.75) is 38.7 Å². The Balaban J connectivity index is 1.78. The molecule has 0 bridgehead atoms. The van der Waals surface area contributed by atoms with Crippen LogP contribution in [0.5, 0.6) is 0 Å². The Labute approximate surface area is 143 Å². The lowest BCUT2D eigenvalue weighted by molar-refractivity contribution is -0.402. The molecule has 0 saturated carbocycles. The van der Waals surface area contributed by atoms with Gasteiger partial charge in [-0.05, 0) is 12.5 Å². The van der Waals surface area contributed by atoms with Crippen LogP contribution in [-0.2, 0) is 14.3 Å². The highest BCUT2D eigenvalue weighted by molar-refractivity contribution is 5.78. The van der Waals surface area contributed by atoms with Crippen molar-refractivity contribution in [3.05, 3.63) is 28.0 Å². The van der Waals surface area contributed by atoms with E-state index in [2.05, 4.69) is 5.10 Å². The molecule has 1 saturated heterocycles. The van der Waals surface area contributed by atoms with Gasteiger partial charge in [0.25, 0.3) is 0 Å². The van der Waals surface area contributed by atoms with E-state index in [4.69, 9.17) is 13.9 Å². The third-order valence-corrected chi connectivity index (χ3v) is 3.39. The molecule has 2 heterocycles. The summed E-state index contributed by atoms with van der Waals surface area (Å²) in [7, 11) is 0. The molecule has 1 fully saturated rings. The highest BCUT2D eigenvalue weighted by atomic mass is 16.6. The summed E-state index contributed by atoms with van der Waals surface area (Å²) in [6, 6.07) is 2.54. The summed E-state index contributed by atoms with van der Waals surface area (Å²) in [5, 5.41) is 15.4. The van der Waals surface area contributed by atoms with E-state index in [9.17, 15) is 19.7 Å². The number of rotatable bonds is 9. The summed E-state index contributed by atoms with van der Waals surface area (Å²) in [6.45, 7) is 2.12. The lowest BCUT2D eigenvalue weighted by Crippen LogP contribution is -2.23. The Morgan fingerprint density at radius 2 is 2.32 bits per heavy atom. The molecule has 2 rings (SSSR count). The lowest BCUT2D eigenvalue weighted by Gasteiger charge is -2.08. The molecule has 1 unspecified atom stereocenters. The molecule has 25 heavy (non-hydrogen) atoms. The summed E-state index contributed by atoms with van der Waals surface area (Å²) < 4.78 is 15.0. The van der Waals surface area contributed by atoms with Crippen LogP contribution in [0.2, 0.25) is 0 Å². The van der Waals surface area contributed by atoms with Crippen LogP contribution >= 0.6 is 0 Å². The largest absolute Gasteiger partial charge is 0.462 e. The summed E-state index contributed by atoms with van der Waals surface area (Å²) in [5.41, 5.74) is 0. The van der Waals surface area contributed by atoms with Gasteiger partial charge in [-0.1, -0.05) is 19.8 Å². The smallest absolute Gasteiger partial charge is 0.433 e. The van der Waals surface area contributed by atoms with Crippen LogP contribution in [0.3, 0.4) is 0 Å². The molecule has 0 spiro atoms. The van der Waals surface area contributed by atoms with Crippen LogP contribution in [0.4, 0.5) is 10.7 Å². The van der Waals surface area contributed by atoms with Crippen LogP contribution < -0.4 is 0 Å². The fraction of sp³-hybridized carbons (Fsp3) is 0.533. The van der Waals surface area contributed by atoms with Gasteiger partial charge < -0.3 is 13.9 Å². The van der Waals surface area contributed by atoms with E-state index >= 15 is 0 Å². The number of hydrogen-bond acceptors (Lipinski definition) is 8. The molecule has 1 amide bonds. The minimum atomic E-state index is -0.690. The Morgan fingerprint density at radius 3 is 3.00 bits per heavy atom. The number of esters is 1. The van der Waals surface area contributed by atoms with Crippen molar-refractivity contribution >= 4 is 24.2 Å². The summed E-state index contributed by atoms with van der Waals surface area (Å²) in [5.74, 6) is -0.613. The van der Waals surface area contributed by atoms with Crippen LogP contribution in [0, 0.1) is 10.1 Å². The van der Waals surface area contributed by atoms with Crippen LogP contribution in [0.1, 0.15) is 38.4 Å². The highest BCUT2D eigenvalue weighted by Crippen LogP contribution is 2.16. The Morgan fingerprint density at radius 1 is 1.52 bits per heavy atom. The molecule has 0 aromatic carbocycles. The van der Waals surface area contributed by atoms with Gasteiger partial charge in [0.15, 0.2) is 11.9 Å². The zero-order valence-corrected chi connectivity index (χ0v) is 13.8. The summed E-state index contributed by atoms with van der Waals surface area (Å²) in [4.78, 5) is 33.1. The maximum atomic E-state index is 11.7. The van der Waals surface area contributed by atoms with Crippen molar-refractivity contribution in [1.82, 2.24) is 5.01 Å². The summed E-state index contributed by atoms with van der Waals surface area (Å²) in [6.07, 6.45) is 2.96. The number of hydrazone groups is 1. The number of unbranched alkanes of at least 4 members (excludes halogenated alkanes) is 2. The summed E-state index contributed by atoms with van der Waals surface area (Å²) >= 11 is 0. The van der Waals surface area contributed by atoms with Gasteiger partial charge in [0.05, 0.1) is 18.8 Å². The highest BCUT2D eigenvalue weighted by Gasteiger charge is 2.32. The standard InChI is InChI=1S/C15H19N3O7/c1-2-3-4-5-14(19)23-10-12-9-17(15(20)25-12)16-8-11-6-7-13(24-11)18(21)22/h6-8,12H,2-5,9-10H2,1H3. The molecule has 1 aliphatic heterocycles. The normalized spacial score (nSPS) is 17.1. The van der Waals surface area contributed by atoms with Crippen LogP contribution in [0.15, 0.2) is 21.7 Å². The van der Waals surface area contributed by atoms with E-state index in [0.717, 1.165) is 24.3 Å². The molecular weight excluding hydrogens is 334 g/mol. The third-order valence-electron chi connectivity index (χ3n) is 3.39. The van der Waals surface area contributed by atoms with Crippen molar-refractivity contribution in [1.29, 1.82) is 0 Å². The molecule has 1 aromatic heterocycles. The monoisotopic (exact) mass is 353 g/mol. The average molecular weight is 353 g/mol. The van der Waals surface area contributed by atoms with Crippen molar-refractivity contribution in [3.8, 4) is 0 Å². The Kier molecular flexibility index (Phi) is 6.49. The molecule has 136 valence electrons. The van der Waals surface area contributed by atoms with E-state index in [-0.39, 0.29) is 24.9 Å². The van der Waals surface area contributed by atoms with Crippen molar-refractivity contribution in [3.63, 3.8) is 0 Å². The fourth-order valence-electron chi connectivity index (χ4n) is 2.10.